The van der Waals surface area contributed by atoms with E-state index in [0.717, 1.165) is 43.3 Å². The van der Waals surface area contributed by atoms with Gasteiger partial charge in [-0.25, -0.2) is 0 Å². The number of hydrogen-bond acceptors (Lipinski definition) is 1. The molecule has 3 rings (SSSR count). The minimum atomic E-state index is 0.737. The zero-order valence-corrected chi connectivity index (χ0v) is 18.8. The van der Waals surface area contributed by atoms with Crippen molar-refractivity contribution in [2.45, 2.75) is 90.6 Å². The van der Waals surface area contributed by atoms with Crippen molar-refractivity contribution in [3.8, 4) is 0 Å². The average molecular weight is 395 g/mol. The van der Waals surface area contributed by atoms with Crippen LogP contribution in [0.4, 0.5) is 0 Å². The highest BCUT2D eigenvalue weighted by atomic mass is 16.5. The number of hydrogen-bond donors (Lipinski definition) is 0. The standard InChI is InChI=1S/C28H42O/c1-3-5-7-21-29-22-24-11-15-26(16-12-24)28-19-17-27(18-20-28)25-13-9-23(10-14-25)8-6-4-2/h3-6,11-12,15-16,23,25,27-28H,7-10,13-14,17-22H2,1-2H3/b5-3+,6-4+. The SMILES string of the molecule is C/C=C/CCOCc1ccc(C2CCC(C3CCC(C/C=C/C)CC3)CC2)cc1. The van der Waals surface area contributed by atoms with Crippen molar-refractivity contribution in [3.05, 3.63) is 59.7 Å². The zero-order valence-electron chi connectivity index (χ0n) is 18.8. The lowest BCUT2D eigenvalue weighted by Gasteiger charge is -2.38. The highest BCUT2D eigenvalue weighted by Gasteiger charge is 2.30. The molecule has 0 saturated heterocycles. The van der Waals surface area contributed by atoms with E-state index in [1.807, 2.05) is 0 Å². The highest BCUT2D eigenvalue weighted by Crippen LogP contribution is 2.44. The average Bonchev–Trinajstić information content (AvgIpc) is 2.78. The maximum atomic E-state index is 5.76. The first kappa shape index (κ1) is 22.3. The van der Waals surface area contributed by atoms with Gasteiger partial charge in [0.2, 0.25) is 0 Å². The second-order valence-corrected chi connectivity index (χ2v) is 9.35. The van der Waals surface area contributed by atoms with Crippen LogP contribution >= 0.6 is 0 Å². The van der Waals surface area contributed by atoms with Gasteiger partial charge in [0, 0.05) is 0 Å². The van der Waals surface area contributed by atoms with Crippen LogP contribution in [0.25, 0.3) is 0 Å². The molecule has 0 atom stereocenters. The first-order chi connectivity index (χ1) is 14.3. The smallest absolute Gasteiger partial charge is 0.0717 e. The Labute approximate surface area is 179 Å². The van der Waals surface area contributed by atoms with E-state index in [2.05, 4.69) is 62.4 Å². The molecule has 1 nitrogen and oxygen atoms in total. The summed E-state index contributed by atoms with van der Waals surface area (Å²) in [7, 11) is 0. The van der Waals surface area contributed by atoms with Gasteiger partial charge in [0.05, 0.1) is 13.2 Å². The van der Waals surface area contributed by atoms with Gasteiger partial charge in [0.1, 0.15) is 0 Å². The molecule has 0 radical (unpaired) electrons. The quantitative estimate of drug-likeness (QED) is 0.303. The Morgan fingerprint density at radius 1 is 0.793 bits per heavy atom. The summed E-state index contributed by atoms with van der Waals surface area (Å²) in [6, 6.07) is 9.29. The number of rotatable bonds is 9. The fourth-order valence-electron chi connectivity index (χ4n) is 5.54. The van der Waals surface area contributed by atoms with Gasteiger partial charge < -0.3 is 4.74 Å². The molecule has 0 aromatic heterocycles. The number of ether oxygens (including phenoxy) is 1. The van der Waals surface area contributed by atoms with Crippen LogP contribution in [0.1, 0.15) is 95.1 Å². The lowest BCUT2D eigenvalue weighted by molar-refractivity contribution is 0.125. The van der Waals surface area contributed by atoms with Crippen molar-refractivity contribution in [2.75, 3.05) is 6.61 Å². The molecular weight excluding hydrogens is 352 g/mol. The van der Waals surface area contributed by atoms with E-state index in [1.165, 1.54) is 63.4 Å². The van der Waals surface area contributed by atoms with Crippen molar-refractivity contribution in [1.29, 1.82) is 0 Å². The Bertz CT molecular complexity index is 610. The largest absolute Gasteiger partial charge is 0.376 e. The molecule has 1 aromatic rings. The van der Waals surface area contributed by atoms with Gasteiger partial charge in [0.25, 0.3) is 0 Å². The van der Waals surface area contributed by atoms with Crippen molar-refractivity contribution in [2.24, 2.45) is 17.8 Å². The molecule has 0 N–H and O–H groups in total. The summed E-state index contributed by atoms with van der Waals surface area (Å²) in [4.78, 5) is 0. The molecule has 0 bridgehead atoms. The lowest BCUT2D eigenvalue weighted by Crippen LogP contribution is -2.25. The molecule has 1 aromatic carbocycles. The number of allylic oxidation sites excluding steroid dienone is 3. The summed E-state index contributed by atoms with van der Waals surface area (Å²) < 4.78 is 5.76. The van der Waals surface area contributed by atoms with Crippen LogP contribution in [0.2, 0.25) is 0 Å². The molecule has 160 valence electrons. The summed E-state index contributed by atoms with van der Waals surface area (Å²) in [6.07, 6.45) is 22.7. The van der Waals surface area contributed by atoms with E-state index in [1.54, 1.807) is 5.56 Å². The predicted octanol–water partition coefficient (Wildman–Crippen LogP) is 8.22. The van der Waals surface area contributed by atoms with Crippen LogP contribution in [0.5, 0.6) is 0 Å². The van der Waals surface area contributed by atoms with Crippen LogP contribution in [0.3, 0.4) is 0 Å². The molecule has 1 heteroatoms. The van der Waals surface area contributed by atoms with Crippen molar-refractivity contribution in [3.63, 3.8) is 0 Å². The zero-order chi connectivity index (χ0) is 20.3. The topological polar surface area (TPSA) is 9.23 Å². The lowest BCUT2D eigenvalue weighted by atomic mass is 9.68. The highest BCUT2D eigenvalue weighted by molar-refractivity contribution is 5.25. The summed E-state index contributed by atoms with van der Waals surface area (Å²) >= 11 is 0. The fraction of sp³-hybridized carbons (Fsp3) is 0.643. The van der Waals surface area contributed by atoms with Gasteiger partial charge >= 0.3 is 0 Å². The van der Waals surface area contributed by atoms with Crippen LogP contribution < -0.4 is 0 Å². The second kappa shape index (κ2) is 12.4. The Balaban J connectivity index is 1.38. The van der Waals surface area contributed by atoms with Gasteiger partial charge in [-0.2, -0.15) is 0 Å². The van der Waals surface area contributed by atoms with E-state index in [0.29, 0.717) is 0 Å². The molecule has 0 unspecified atom stereocenters. The van der Waals surface area contributed by atoms with Crippen LogP contribution in [0, 0.1) is 17.8 Å². The normalized spacial score (nSPS) is 28.3. The Morgan fingerprint density at radius 3 is 2.03 bits per heavy atom. The maximum absolute atomic E-state index is 5.76. The van der Waals surface area contributed by atoms with Crippen molar-refractivity contribution < 1.29 is 4.74 Å². The van der Waals surface area contributed by atoms with Gasteiger partial charge in [-0.05, 0) is 113 Å². The molecule has 0 aliphatic heterocycles. The minimum absolute atomic E-state index is 0.737. The van der Waals surface area contributed by atoms with E-state index in [9.17, 15) is 0 Å². The fourth-order valence-corrected chi connectivity index (χ4v) is 5.54. The summed E-state index contributed by atoms with van der Waals surface area (Å²) in [5.74, 6) is 3.75. The summed E-state index contributed by atoms with van der Waals surface area (Å²) in [6.45, 7) is 5.76. The van der Waals surface area contributed by atoms with Crippen molar-refractivity contribution in [1.82, 2.24) is 0 Å². The molecule has 0 heterocycles. The van der Waals surface area contributed by atoms with Crippen LogP contribution in [-0.4, -0.2) is 6.61 Å². The van der Waals surface area contributed by atoms with Gasteiger partial charge in [0.15, 0.2) is 0 Å². The molecule has 2 saturated carbocycles. The minimum Gasteiger partial charge on any atom is -0.376 e. The van der Waals surface area contributed by atoms with Crippen molar-refractivity contribution >= 4 is 0 Å². The first-order valence-electron chi connectivity index (χ1n) is 12.2. The molecule has 2 fully saturated rings. The van der Waals surface area contributed by atoms with E-state index in [-0.39, 0.29) is 0 Å². The maximum Gasteiger partial charge on any atom is 0.0717 e. The van der Waals surface area contributed by atoms with E-state index in [4.69, 9.17) is 4.74 Å². The molecule has 0 amide bonds. The molecule has 0 spiro atoms. The first-order valence-corrected chi connectivity index (χ1v) is 12.2. The summed E-state index contributed by atoms with van der Waals surface area (Å²) in [5, 5.41) is 0. The van der Waals surface area contributed by atoms with E-state index >= 15 is 0 Å². The van der Waals surface area contributed by atoms with Gasteiger partial charge in [-0.3, -0.25) is 0 Å². The third-order valence-electron chi connectivity index (χ3n) is 7.42. The van der Waals surface area contributed by atoms with Crippen LogP contribution in [0.15, 0.2) is 48.6 Å². The van der Waals surface area contributed by atoms with Gasteiger partial charge in [-0.1, -0.05) is 48.6 Å². The molecular formula is C28H42O. The molecule has 2 aliphatic carbocycles. The Hall–Kier alpha value is -1.34. The summed E-state index contributed by atoms with van der Waals surface area (Å²) in [5.41, 5.74) is 2.86. The second-order valence-electron chi connectivity index (χ2n) is 9.35. The van der Waals surface area contributed by atoms with Crippen LogP contribution in [-0.2, 0) is 11.3 Å². The third-order valence-corrected chi connectivity index (χ3v) is 7.42. The number of benzene rings is 1. The third kappa shape index (κ3) is 7.14. The predicted molar refractivity (Wildman–Crippen MR) is 125 cm³/mol. The molecule has 2 aliphatic rings. The Morgan fingerprint density at radius 2 is 1.41 bits per heavy atom. The van der Waals surface area contributed by atoms with E-state index < -0.39 is 0 Å². The molecule has 29 heavy (non-hydrogen) atoms. The van der Waals surface area contributed by atoms with Gasteiger partial charge in [-0.15, -0.1) is 0 Å². The Kier molecular flexibility index (Phi) is 9.54. The monoisotopic (exact) mass is 394 g/mol.